The predicted octanol–water partition coefficient (Wildman–Crippen LogP) is 2.70. The molecule has 0 radical (unpaired) electrons. The summed E-state index contributed by atoms with van der Waals surface area (Å²) in [5.41, 5.74) is 0.782. The molecule has 1 aromatic rings. The van der Waals surface area contributed by atoms with E-state index in [4.69, 9.17) is 16.3 Å². The quantitative estimate of drug-likeness (QED) is 0.793. The average molecular weight is 394 g/mol. The van der Waals surface area contributed by atoms with Crippen molar-refractivity contribution in [2.75, 3.05) is 32.8 Å². The van der Waals surface area contributed by atoms with Crippen molar-refractivity contribution in [3.8, 4) is 0 Å². The van der Waals surface area contributed by atoms with Gasteiger partial charge in [-0.15, -0.1) is 0 Å². The first kappa shape index (κ1) is 18.8. The number of piperidine rings is 2. The van der Waals surface area contributed by atoms with Gasteiger partial charge in [0, 0.05) is 52.5 Å². The monoisotopic (exact) mass is 393 g/mol. The van der Waals surface area contributed by atoms with Crippen LogP contribution in [0.1, 0.15) is 49.0 Å². The second-order valence-corrected chi connectivity index (χ2v) is 8.79. The Hall–Kier alpha value is -1.53. The Labute approximate surface area is 165 Å². The molecule has 2 amide bonds. The Morgan fingerprint density at radius 2 is 2.11 bits per heavy atom. The molecule has 3 saturated heterocycles. The molecule has 7 heteroatoms. The Kier molecular flexibility index (Phi) is 5.21. The number of ether oxygens (including phenoxy) is 1. The maximum Gasteiger partial charge on any atom is 0.270 e. The molecule has 0 saturated carbocycles. The number of aryl methyl sites for hydroxylation is 1. The van der Waals surface area contributed by atoms with Crippen LogP contribution in [0.5, 0.6) is 0 Å². The van der Waals surface area contributed by atoms with Crippen LogP contribution in [0.4, 0.5) is 0 Å². The molecule has 6 nitrogen and oxygen atoms in total. The van der Waals surface area contributed by atoms with Crippen molar-refractivity contribution in [3.63, 3.8) is 0 Å². The van der Waals surface area contributed by atoms with Crippen molar-refractivity contribution in [2.45, 2.75) is 44.6 Å². The molecule has 0 N–H and O–H groups in total. The highest BCUT2D eigenvalue weighted by Gasteiger charge is 2.42. The molecule has 0 unspecified atom stereocenters. The largest absolute Gasteiger partial charge is 0.376 e. The van der Waals surface area contributed by atoms with Crippen LogP contribution in [0.25, 0.3) is 0 Å². The van der Waals surface area contributed by atoms with Gasteiger partial charge >= 0.3 is 0 Å². The molecule has 1 atom stereocenters. The molecule has 0 aliphatic carbocycles. The van der Waals surface area contributed by atoms with Gasteiger partial charge in [-0.05, 0) is 43.6 Å². The molecule has 4 heterocycles. The van der Waals surface area contributed by atoms with Crippen LogP contribution in [0.2, 0.25) is 5.02 Å². The molecule has 4 rings (SSSR count). The maximum absolute atomic E-state index is 12.8. The number of nitrogens with zero attached hydrogens (tertiary/aromatic N) is 3. The molecule has 1 spiro atoms. The Balaban J connectivity index is 1.37. The van der Waals surface area contributed by atoms with E-state index in [0.717, 1.165) is 64.9 Å². The summed E-state index contributed by atoms with van der Waals surface area (Å²) in [6.07, 6.45) is 7.57. The predicted molar refractivity (Wildman–Crippen MR) is 103 cm³/mol. The molecule has 148 valence electrons. The third kappa shape index (κ3) is 3.87. The van der Waals surface area contributed by atoms with Crippen LogP contribution in [-0.2, 0) is 16.6 Å². The van der Waals surface area contributed by atoms with Crippen LogP contribution in [0.3, 0.4) is 0 Å². The van der Waals surface area contributed by atoms with E-state index < -0.39 is 0 Å². The lowest BCUT2D eigenvalue weighted by Crippen LogP contribution is -2.53. The maximum atomic E-state index is 12.8. The Bertz CT molecular complexity index is 718. The van der Waals surface area contributed by atoms with Gasteiger partial charge in [-0.3, -0.25) is 9.59 Å². The number of hydrogen-bond donors (Lipinski definition) is 0. The Morgan fingerprint density at radius 1 is 1.33 bits per heavy atom. The van der Waals surface area contributed by atoms with Crippen LogP contribution in [0, 0.1) is 5.41 Å². The third-order valence-electron chi connectivity index (χ3n) is 6.50. The van der Waals surface area contributed by atoms with Crippen LogP contribution in [-0.4, -0.2) is 65.1 Å². The molecule has 3 aliphatic rings. The van der Waals surface area contributed by atoms with E-state index in [-0.39, 0.29) is 23.3 Å². The average Bonchev–Trinajstić information content (AvgIpc) is 3.28. The summed E-state index contributed by atoms with van der Waals surface area (Å²) in [6, 6.07) is 1.73. The van der Waals surface area contributed by atoms with E-state index in [1.54, 1.807) is 16.8 Å². The highest BCUT2D eigenvalue weighted by atomic mass is 35.5. The van der Waals surface area contributed by atoms with E-state index in [1.165, 1.54) is 0 Å². The molecule has 1 aromatic heterocycles. The van der Waals surface area contributed by atoms with E-state index >= 15 is 0 Å². The van der Waals surface area contributed by atoms with Crippen molar-refractivity contribution < 1.29 is 14.3 Å². The number of hydrogen-bond acceptors (Lipinski definition) is 3. The van der Waals surface area contributed by atoms with E-state index in [0.29, 0.717) is 17.1 Å². The SMILES string of the molecule is Cn1cc(Cl)cc1C(=O)N1CCC2(CCC(=O)N(C[C@H]3CCCO3)C2)CC1. The molecule has 0 aromatic carbocycles. The number of carbonyl (C=O) groups is 2. The van der Waals surface area contributed by atoms with Gasteiger partial charge in [0.1, 0.15) is 5.69 Å². The number of likely N-dealkylation sites (tertiary alicyclic amines) is 2. The minimum atomic E-state index is 0.0438. The van der Waals surface area contributed by atoms with Crippen molar-refractivity contribution >= 4 is 23.4 Å². The zero-order valence-corrected chi connectivity index (χ0v) is 16.7. The van der Waals surface area contributed by atoms with Gasteiger partial charge in [-0.1, -0.05) is 11.6 Å². The number of amides is 2. The van der Waals surface area contributed by atoms with Gasteiger partial charge in [-0.2, -0.15) is 0 Å². The van der Waals surface area contributed by atoms with Crippen molar-refractivity contribution in [1.29, 1.82) is 0 Å². The molecular weight excluding hydrogens is 366 g/mol. The lowest BCUT2D eigenvalue weighted by atomic mass is 9.72. The van der Waals surface area contributed by atoms with Gasteiger partial charge in [0.2, 0.25) is 5.91 Å². The molecule has 3 aliphatic heterocycles. The first-order valence-corrected chi connectivity index (χ1v) is 10.3. The number of halogens is 1. The van der Waals surface area contributed by atoms with Crippen molar-refractivity contribution in [2.24, 2.45) is 12.5 Å². The summed E-state index contributed by atoms with van der Waals surface area (Å²) < 4.78 is 7.52. The summed E-state index contributed by atoms with van der Waals surface area (Å²) in [7, 11) is 1.85. The highest BCUT2D eigenvalue weighted by molar-refractivity contribution is 6.31. The van der Waals surface area contributed by atoms with Gasteiger partial charge in [0.25, 0.3) is 5.91 Å². The van der Waals surface area contributed by atoms with Gasteiger partial charge in [0.05, 0.1) is 11.1 Å². The lowest BCUT2D eigenvalue weighted by molar-refractivity contribution is -0.141. The van der Waals surface area contributed by atoms with Crippen molar-refractivity contribution in [3.05, 3.63) is 23.0 Å². The standard InChI is InChI=1S/C20H28ClN3O3/c1-22-12-15(21)11-17(22)19(26)23-8-6-20(7-9-23)5-4-18(25)24(14-20)13-16-3-2-10-27-16/h11-12,16H,2-10,13-14H2,1H3/t16-/m1/s1. The number of aromatic nitrogens is 1. The van der Waals surface area contributed by atoms with Gasteiger partial charge in [-0.25, -0.2) is 0 Å². The van der Waals surface area contributed by atoms with Crippen LogP contribution >= 0.6 is 11.6 Å². The van der Waals surface area contributed by atoms with Gasteiger partial charge < -0.3 is 19.1 Å². The fourth-order valence-corrected chi connectivity index (χ4v) is 5.04. The second-order valence-electron chi connectivity index (χ2n) is 8.36. The van der Waals surface area contributed by atoms with Crippen LogP contribution in [0.15, 0.2) is 12.3 Å². The van der Waals surface area contributed by atoms with Gasteiger partial charge in [0.15, 0.2) is 0 Å². The second kappa shape index (κ2) is 7.47. The summed E-state index contributed by atoms with van der Waals surface area (Å²) in [4.78, 5) is 29.2. The molecule has 0 bridgehead atoms. The van der Waals surface area contributed by atoms with E-state index in [2.05, 4.69) is 0 Å². The first-order chi connectivity index (χ1) is 13.0. The third-order valence-corrected chi connectivity index (χ3v) is 6.70. The van der Waals surface area contributed by atoms with E-state index in [1.807, 2.05) is 16.8 Å². The van der Waals surface area contributed by atoms with Crippen molar-refractivity contribution in [1.82, 2.24) is 14.4 Å². The lowest BCUT2D eigenvalue weighted by Gasteiger charge is -2.47. The van der Waals surface area contributed by atoms with Crippen LogP contribution < -0.4 is 0 Å². The summed E-state index contributed by atoms with van der Waals surface area (Å²) in [5, 5.41) is 0.588. The number of carbonyl (C=O) groups excluding carboxylic acids is 2. The zero-order valence-electron chi connectivity index (χ0n) is 16.0. The van der Waals surface area contributed by atoms with E-state index in [9.17, 15) is 9.59 Å². The fourth-order valence-electron chi connectivity index (χ4n) is 4.79. The Morgan fingerprint density at radius 3 is 2.74 bits per heavy atom. The number of rotatable bonds is 3. The zero-order chi connectivity index (χ0) is 19.0. The fraction of sp³-hybridized carbons (Fsp3) is 0.700. The minimum absolute atomic E-state index is 0.0438. The summed E-state index contributed by atoms with van der Waals surface area (Å²) in [5.74, 6) is 0.301. The highest BCUT2D eigenvalue weighted by Crippen LogP contribution is 2.40. The summed E-state index contributed by atoms with van der Waals surface area (Å²) in [6.45, 7) is 3.83. The molecule has 3 fully saturated rings. The molecular formula is C20H28ClN3O3. The first-order valence-electron chi connectivity index (χ1n) is 9.96. The normalized spacial score (nSPS) is 25.4. The minimum Gasteiger partial charge on any atom is -0.376 e. The molecule has 27 heavy (non-hydrogen) atoms. The summed E-state index contributed by atoms with van der Waals surface area (Å²) >= 11 is 6.03. The smallest absolute Gasteiger partial charge is 0.270 e. The topological polar surface area (TPSA) is 54.8 Å².